The fourth-order valence-corrected chi connectivity index (χ4v) is 3.80. The Labute approximate surface area is 127 Å². The van der Waals surface area contributed by atoms with Crippen molar-refractivity contribution in [3.63, 3.8) is 0 Å². The van der Waals surface area contributed by atoms with E-state index in [9.17, 15) is 8.42 Å². The van der Waals surface area contributed by atoms with E-state index in [-0.39, 0.29) is 10.3 Å². The highest BCUT2D eigenvalue weighted by atomic mass is 32.2. The van der Waals surface area contributed by atoms with Crippen LogP contribution in [-0.4, -0.2) is 38.3 Å². The zero-order valence-corrected chi connectivity index (χ0v) is 13.7. The molecular weight excluding hydrogens is 288 g/mol. The third kappa shape index (κ3) is 4.05. The van der Waals surface area contributed by atoms with E-state index < -0.39 is 10.0 Å². The summed E-state index contributed by atoms with van der Waals surface area (Å²) in [4.78, 5) is 0.262. The van der Waals surface area contributed by atoms with Crippen LogP contribution in [0.1, 0.15) is 39.0 Å². The lowest BCUT2D eigenvalue weighted by Crippen LogP contribution is -2.41. The Morgan fingerprint density at radius 3 is 2.76 bits per heavy atom. The molecule has 0 atom stereocenters. The lowest BCUT2D eigenvalue weighted by atomic mass is 9.67. The molecule has 21 heavy (non-hydrogen) atoms. The van der Waals surface area contributed by atoms with Gasteiger partial charge in [-0.15, -0.1) is 0 Å². The standard InChI is InChI=1S/C14H26N4O2S/c1-3-14(6-4-7-14)12-17-21(19,20)13-10-16-18(11-13)9-5-8-15-2/h10-11,15,17H,3-9,12H2,1-2H3. The highest BCUT2D eigenvalue weighted by Crippen LogP contribution is 2.43. The van der Waals surface area contributed by atoms with Gasteiger partial charge in [0.1, 0.15) is 4.90 Å². The maximum absolute atomic E-state index is 12.3. The number of hydrogen-bond donors (Lipinski definition) is 2. The summed E-state index contributed by atoms with van der Waals surface area (Å²) >= 11 is 0. The summed E-state index contributed by atoms with van der Waals surface area (Å²) in [6, 6.07) is 0. The summed E-state index contributed by atoms with van der Waals surface area (Å²) in [6.07, 6.45) is 8.44. The summed E-state index contributed by atoms with van der Waals surface area (Å²) in [5.74, 6) is 0. The molecule has 2 rings (SSSR count). The molecule has 0 radical (unpaired) electrons. The molecule has 0 saturated heterocycles. The van der Waals surface area contributed by atoms with E-state index in [2.05, 4.69) is 22.1 Å². The third-order valence-corrected chi connectivity index (χ3v) is 5.89. The van der Waals surface area contributed by atoms with Gasteiger partial charge in [0.2, 0.25) is 10.0 Å². The van der Waals surface area contributed by atoms with Crippen molar-refractivity contribution in [2.24, 2.45) is 5.41 Å². The predicted molar refractivity (Wildman–Crippen MR) is 82.5 cm³/mol. The van der Waals surface area contributed by atoms with Gasteiger partial charge in [-0.25, -0.2) is 13.1 Å². The van der Waals surface area contributed by atoms with E-state index in [1.165, 1.54) is 12.6 Å². The second-order valence-corrected chi connectivity index (χ2v) is 7.69. The lowest BCUT2D eigenvalue weighted by Gasteiger charge is -2.41. The molecule has 1 aromatic rings. The smallest absolute Gasteiger partial charge is 0.243 e. The van der Waals surface area contributed by atoms with E-state index in [4.69, 9.17) is 0 Å². The Kier molecular flexibility index (Phi) is 5.40. The Balaban J connectivity index is 1.93. The van der Waals surface area contributed by atoms with E-state index in [1.54, 1.807) is 10.9 Å². The van der Waals surface area contributed by atoms with Crippen molar-refractivity contribution in [2.75, 3.05) is 20.1 Å². The second kappa shape index (κ2) is 6.89. The zero-order chi connectivity index (χ0) is 15.3. The minimum Gasteiger partial charge on any atom is -0.320 e. The number of sulfonamides is 1. The van der Waals surface area contributed by atoms with E-state index in [1.807, 2.05) is 7.05 Å². The zero-order valence-electron chi connectivity index (χ0n) is 12.9. The summed E-state index contributed by atoms with van der Waals surface area (Å²) in [7, 11) is -1.54. The Morgan fingerprint density at radius 1 is 1.43 bits per heavy atom. The van der Waals surface area contributed by atoms with Gasteiger partial charge in [0, 0.05) is 19.3 Å². The number of aryl methyl sites for hydroxylation is 1. The van der Waals surface area contributed by atoms with Crippen LogP contribution in [0.3, 0.4) is 0 Å². The van der Waals surface area contributed by atoms with Crippen molar-refractivity contribution < 1.29 is 8.42 Å². The first-order valence-corrected chi connectivity index (χ1v) is 9.16. The monoisotopic (exact) mass is 314 g/mol. The first-order valence-electron chi connectivity index (χ1n) is 7.68. The van der Waals surface area contributed by atoms with Crippen molar-refractivity contribution in [3.05, 3.63) is 12.4 Å². The molecule has 0 amide bonds. The van der Waals surface area contributed by atoms with Crippen molar-refractivity contribution >= 4 is 10.0 Å². The van der Waals surface area contributed by atoms with Crippen LogP contribution in [0.4, 0.5) is 0 Å². The number of nitrogens with zero attached hydrogens (tertiary/aromatic N) is 2. The quantitative estimate of drug-likeness (QED) is 0.675. The van der Waals surface area contributed by atoms with E-state index in [0.29, 0.717) is 6.54 Å². The molecule has 0 unspecified atom stereocenters. The SMILES string of the molecule is CCC1(CNS(=O)(=O)c2cnn(CCCNC)c2)CCC1. The molecule has 0 bridgehead atoms. The first-order chi connectivity index (χ1) is 10.0. The van der Waals surface area contributed by atoms with Gasteiger partial charge in [0.15, 0.2) is 0 Å². The van der Waals surface area contributed by atoms with Crippen molar-refractivity contribution in [2.45, 2.75) is 50.5 Å². The molecule has 0 aliphatic heterocycles. The number of nitrogens with one attached hydrogen (secondary N) is 2. The van der Waals surface area contributed by atoms with Gasteiger partial charge in [0.05, 0.1) is 6.20 Å². The van der Waals surface area contributed by atoms with E-state index in [0.717, 1.165) is 38.8 Å². The predicted octanol–water partition coefficient (Wildman–Crippen LogP) is 1.35. The maximum Gasteiger partial charge on any atom is 0.243 e. The summed E-state index contributed by atoms with van der Waals surface area (Å²) < 4.78 is 29.0. The topological polar surface area (TPSA) is 76.0 Å². The van der Waals surface area contributed by atoms with Crippen molar-refractivity contribution in [3.8, 4) is 0 Å². The van der Waals surface area contributed by atoms with Gasteiger partial charge in [0.25, 0.3) is 0 Å². The molecule has 6 nitrogen and oxygen atoms in total. The fourth-order valence-electron chi connectivity index (χ4n) is 2.69. The molecule has 1 aliphatic carbocycles. The first kappa shape index (κ1) is 16.5. The van der Waals surface area contributed by atoms with Gasteiger partial charge < -0.3 is 5.32 Å². The summed E-state index contributed by atoms with van der Waals surface area (Å²) in [5.41, 5.74) is 0.176. The summed E-state index contributed by atoms with van der Waals surface area (Å²) in [5, 5.41) is 7.18. The third-order valence-electron chi connectivity index (χ3n) is 4.54. The number of aromatic nitrogens is 2. The minimum atomic E-state index is -3.44. The van der Waals surface area contributed by atoms with Gasteiger partial charge in [-0.2, -0.15) is 5.10 Å². The second-order valence-electron chi connectivity index (χ2n) is 5.93. The van der Waals surface area contributed by atoms with E-state index >= 15 is 0 Å². The van der Waals surface area contributed by atoms with Crippen LogP contribution in [0.5, 0.6) is 0 Å². The highest BCUT2D eigenvalue weighted by molar-refractivity contribution is 7.89. The van der Waals surface area contributed by atoms with Gasteiger partial charge >= 0.3 is 0 Å². The number of hydrogen-bond acceptors (Lipinski definition) is 4. The summed E-state index contributed by atoms with van der Waals surface area (Å²) in [6.45, 7) is 4.28. The maximum atomic E-state index is 12.3. The normalized spacial score (nSPS) is 17.6. The van der Waals surface area contributed by atoms with Crippen molar-refractivity contribution in [1.82, 2.24) is 19.8 Å². The van der Waals surface area contributed by atoms with Crippen molar-refractivity contribution in [1.29, 1.82) is 0 Å². The minimum absolute atomic E-state index is 0.176. The molecule has 1 heterocycles. The van der Waals surface area contributed by atoms with Crippen LogP contribution >= 0.6 is 0 Å². The average Bonchev–Trinajstić information content (AvgIpc) is 2.88. The number of rotatable bonds is 9. The fraction of sp³-hybridized carbons (Fsp3) is 0.786. The van der Waals surface area contributed by atoms with Crippen LogP contribution in [0.25, 0.3) is 0 Å². The molecule has 0 spiro atoms. The molecule has 1 aromatic heterocycles. The Hall–Kier alpha value is -0.920. The molecule has 1 aliphatic rings. The highest BCUT2D eigenvalue weighted by Gasteiger charge is 2.36. The van der Waals surface area contributed by atoms with Crippen LogP contribution in [-0.2, 0) is 16.6 Å². The molecule has 1 saturated carbocycles. The van der Waals surface area contributed by atoms with Gasteiger partial charge in [-0.3, -0.25) is 4.68 Å². The molecule has 2 N–H and O–H groups in total. The largest absolute Gasteiger partial charge is 0.320 e. The Morgan fingerprint density at radius 2 is 2.19 bits per heavy atom. The van der Waals surface area contributed by atoms with Crippen LogP contribution in [0, 0.1) is 5.41 Å². The van der Waals surface area contributed by atoms with Crippen LogP contribution in [0.15, 0.2) is 17.3 Å². The Bertz CT molecular complexity index is 544. The van der Waals surface area contributed by atoms with Crippen LogP contribution in [0.2, 0.25) is 0 Å². The van der Waals surface area contributed by atoms with Crippen LogP contribution < -0.4 is 10.0 Å². The molecule has 120 valence electrons. The average molecular weight is 314 g/mol. The lowest BCUT2D eigenvalue weighted by molar-refractivity contribution is 0.133. The molecular formula is C14H26N4O2S. The molecule has 0 aromatic carbocycles. The molecule has 7 heteroatoms. The van der Waals surface area contributed by atoms with Gasteiger partial charge in [-0.1, -0.05) is 13.3 Å². The van der Waals surface area contributed by atoms with Gasteiger partial charge in [-0.05, 0) is 44.7 Å². The molecule has 1 fully saturated rings.